The van der Waals surface area contributed by atoms with E-state index in [0.717, 1.165) is 44.2 Å². The first-order valence-electron chi connectivity index (χ1n) is 8.44. The molecule has 1 fully saturated rings. The van der Waals surface area contributed by atoms with E-state index in [1.54, 1.807) is 0 Å². The average molecular weight is 299 g/mol. The van der Waals surface area contributed by atoms with E-state index < -0.39 is 6.10 Å². The quantitative estimate of drug-likeness (QED) is 0.865. The highest BCUT2D eigenvalue weighted by molar-refractivity contribution is 5.79. The summed E-state index contributed by atoms with van der Waals surface area (Å²) in [5.74, 6) is 0.451. The predicted octanol–water partition coefficient (Wildman–Crippen LogP) is 3.46. The van der Waals surface area contributed by atoms with Gasteiger partial charge in [-0.1, -0.05) is 42.5 Å². The Hall–Kier alpha value is -1.61. The number of hydrogen-bond acceptors (Lipinski definition) is 2. The van der Waals surface area contributed by atoms with Crippen molar-refractivity contribution in [2.75, 3.05) is 6.54 Å². The molecule has 1 heterocycles. The first-order valence-corrected chi connectivity index (χ1v) is 8.44. The second-order valence-electron chi connectivity index (χ2n) is 6.47. The highest BCUT2D eigenvalue weighted by Gasteiger charge is 2.34. The Morgan fingerprint density at radius 2 is 2.05 bits per heavy atom. The smallest absolute Gasteiger partial charge is 0.226 e. The molecule has 1 aromatic carbocycles. The molecule has 2 aliphatic rings. The first-order chi connectivity index (χ1) is 10.8. The van der Waals surface area contributed by atoms with E-state index in [1.165, 1.54) is 0 Å². The molecule has 1 N–H and O–H groups in total. The van der Waals surface area contributed by atoms with Gasteiger partial charge in [-0.3, -0.25) is 4.79 Å². The van der Waals surface area contributed by atoms with Gasteiger partial charge in [0.2, 0.25) is 5.91 Å². The number of benzene rings is 1. The molecule has 3 heteroatoms. The molecule has 3 nitrogen and oxygen atoms in total. The summed E-state index contributed by atoms with van der Waals surface area (Å²) in [6.07, 6.45) is 9.41. The summed E-state index contributed by atoms with van der Waals surface area (Å²) in [7, 11) is 0. The molecule has 0 bridgehead atoms. The third kappa shape index (κ3) is 3.41. The number of likely N-dealkylation sites (tertiary alicyclic amines) is 1. The molecule has 1 aliphatic heterocycles. The number of carbonyl (C=O) groups excluding carboxylic acids is 1. The van der Waals surface area contributed by atoms with Gasteiger partial charge in [0.15, 0.2) is 0 Å². The molecule has 1 amide bonds. The van der Waals surface area contributed by atoms with E-state index in [1.807, 2.05) is 35.2 Å². The van der Waals surface area contributed by atoms with Gasteiger partial charge in [0, 0.05) is 18.5 Å². The van der Waals surface area contributed by atoms with Gasteiger partial charge in [0.1, 0.15) is 0 Å². The van der Waals surface area contributed by atoms with Crippen LogP contribution in [0.25, 0.3) is 0 Å². The maximum absolute atomic E-state index is 12.7. The second-order valence-corrected chi connectivity index (χ2v) is 6.47. The Morgan fingerprint density at radius 1 is 1.23 bits per heavy atom. The topological polar surface area (TPSA) is 40.5 Å². The van der Waals surface area contributed by atoms with Crippen LogP contribution in [-0.4, -0.2) is 28.5 Å². The maximum atomic E-state index is 12.7. The molecular formula is C19H25NO2. The number of hydrogen-bond donors (Lipinski definition) is 1. The van der Waals surface area contributed by atoms with Crippen LogP contribution < -0.4 is 0 Å². The molecular weight excluding hydrogens is 274 g/mol. The summed E-state index contributed by atoms with van der Waals surface area (Å²) in [5.41, 5.74) is 0.947. The lowest BCUT2D eigenvalue weighted by Crippen LogP contribution is -2.40. The molecule has 118 valence electrons. The number of rotatable bonds is 4. The Morgan fingerprint density at radius 3 is 2.77 bits per heavy atom. The second kappa shape index (κ2) is 7.10. The summed E-state index contributed by atoms with van der Waals surface area (Å²) in [6, 6.07) is 9.96. The molecule has 1 saturated heterocycles. The monoisotopic (exact) mass is 299 g/mol. The molecule has 3 atom stereocenters. The molecule has 1 aliphatic carbocycles. The third-order valence-corrected chi connectivity index (χ3v) is 4.96. The molecule has 3 unspecified atom stereocenters. The van der Waals surface area contributed by atoms with Gasteiger partial charge in [0.05, 0.1) is 6.10 Å². The van der Waals surface area contributed by atoms with Crippen LogP contribution in [0.5, 0.6) is 0 Å². The van der Waals surface area contributed by atoms with Gasteiger partial charge in [-0.25, -0.2) is 0 Å². The number of carbonyl (C=O) groups is 1. The Balaban J connectivity index is 1.63. The van der Waals surface area contributed by atoms with E-state index in [0.29, 0.717) is 12.3 Å². The summed E-state index contributed by atoms with van der Waals surface area (Å²) in [4.78, 5) is 14.8. The summed E-state index contributed by atoms with van der Waals surface area (Å²) in [5, 5.41) is 10.4. The Kier molecular flexibility index (Phi) is 4.94. The summed E-state index contributed by atoms with van der Waals surface area (Å²) >= 11 is 0. The van der Waals surface area contributed by atoms with Crippen molar-refractivity contribution in [2.45, 2.75) is 50.7 Å². The van der Waals surface area contributed by atoms with Crippen LogP contribution in [0, 0.1) is 5.92 Å². The van der Waals surface area contributed by atoms with Crippen LogP contribution in [0.2, 0.25) is 0 Å². The molecule has 22 heavy (non-hydrogen) atoms. The van der Waals surface area contributed by atoms with Crippen LogP contribution in [0.3, 0.4) is 0 Å². The lowest BCUT2D eigenvalue weighted by molar-refractivity contribution is -0.137. The molecule has 3 rings (SSSR count). The first kappa shape index (κ1) is 15.3. The van der Waals surface area contributed by atoms with Gasteiger partial charge in [-0.15, -0.1) is 0 Å². The maximum Gasteiger partial charge on any atom is 0.226 e. The van der Waals surface area contributed by atoms with Gasteiger partial charge in [-0.05, 0) is 44.1 Å². The van der Waals surface area contributed by atoms with Crippen molar-refractivity contribution in [3.05, 3.63) is 48.0 Å². The third-order valence-electron chi connectivity index (χ3n) is 4.96. The molecule has 0 radical (unpaired) electrons. The zero-order valence-electron chi connectivity index (χ0n) is 13.0. The highest BCUT2D eigenvalue weighted by atomic mass is 16.3. The predicted molar refractivity (Wildman–Crippen MR) is 87.2 cm³/mol. The van der Waals surface area contributed by atoms with E-state index in [9.17, 15) is 9.90 Å². The van der Waals surface area contributed by atoms with Crippen molar-refractivity contribution in [2.24, 2.45) is 5.92 Å². The summed E-state index contributed by atoms with van der Waals surface area (Å²) < 4.78 is 0. The van der Waals surface area contributed by atoms with Crippen LogP contribution in [0.15, 0.2) is 42.5 Å². The van der Waals surface area contributed by atoms with E-state index in [2.05, 4.69) is 12.2 Å². The Labute approximate surface area is 132 Å². The van der Waals surface area contributed by atoms with E-state index >= 15 is 0 Å². The number of aliphatic hydroxyl groups is 1. The van der Waals surface area contributed by atoms with Gasteiger partial charge >= 0.3 is 0 Å². The minimum Gasteiger partial charge on any atom is -0.388 e. The largest absolute Gasteiger partial charge is 0.388 e. The van der Waals surface area contributed by atoms with Crippen LogP contribution in [0.4, 0.5) is 0 Å². The fraction of sp³-hybridized carbons (Fsp3) is 0.526. The van der Waals surface area contributed by atoms with E-state index in [4.69, 9.17) is 0 Å². The molecule has 1 aromatic rings. The highest BCUT2D eigenvalue weighted by Crippen LogP contribution is 2.30. The molecule has 0 saturated carbocycles. The lowest BCUT2D eigenvalue weighted by atomic mass is 9.92. The lowest BCUT2D eigenvalue weighted by Gasteiger charge is -2.30. The zero-order chi connectivity index (χ0) is 15.4. The molecule has 0 spiro atoms. The standard InChI is InChI=1S/C19H25NO2/c21-18(15-8-3-1-4-9-15)14-17-12-7-13-20(17)19(22)16-10-5-2-6-11-16/h1-5,8-9,16-18,21H,6-7,10-14H2. The average Bonchev–Trinajstić information content (AvgIpc) is 3.04. The number of allylic oxidation sites excluding steroid dienone is 2. The Bertz CT molecular complexity index is 525. The van der Waals surface area contributed by atoms with Crippen LogP contribution in [0.1, 0.15) is 50.2 Å². The van der Waals surface area contributed by atoms with Gasteiger partial charge in [-0.2, -0.15) is 0 Å². The SMILES string of the molecule is O=C(C1CC=CCC1)N1CCCC1CC(O)c1ccccc1. The fourth-order valence-electron chi connectivity index (χ4n) is 3.69. The van der Waals surface area contributed by atoms with Crippen molar-refractivity contribution in [1.82, 2.24) is 4.90 Å². The van der Waals surface area contributed by atoms with Crippen LogP contribution >= 0.6 is 0 Å². The summed E-state index contributed by atoms with van der Waals surface area (Å²) in [6.45, 7) is 0.852. The zero-order valence-corrected chi connectivity index (χ0v) is 13.0. The minimum atomic E-state index is -0.481. The van der Waals surface area contributed by atoms with Crippen LogP contribution in [-0.2, 0) is 4.79 Å². The normalized spacial score (nSPS) is 26.1. The van der Waals surface area contributed by atoms with E-state index in [-0.39, 0.29) is 12.0 Å². The number of amides is 1. The number of aliphatic hydroxyl groups excluding tert-OH is 1. The molecule has 0 aromatic heterocycles. The number of nitrogens with zero attached hydrogens (tertiary/aromatic N) is 1. The van der Waals surface area contributed by atoms with Crippen molar-refractivity contribution in [3.8, 4) is 0 Å². The van der Waals surface area contributed by atoms with Crippen molar-refractivity contribution >= 4 is 5.91 Å². The van der Waals surface area contributed by atoms with Crippen molar-refractivity contribution in [3.63, 3.8) is 0 Å². The minimum absolute atomic E-state index is 0.152. The van der Waals surface area contributed by atoms with Gasteiger partial charge < -0.3 is 10.0 Å². The van der Waals surface area contributed by atoms with Crippen molar-refractivity contribution < 1.29 is 9.90 Å². The van der Waals surface area contributed by atoms with Crippen molar-refractivity contribution in [1.29, 1.82) is 0 Å². The fourth-order valence-corrected chi connectivity index (χ4v) is 3.69. The van der Waals surface area contributed by atoms with Gasteiger partial charge in [0.25, 0.3) is 0 Å².